The normalized spacial score (nSPS) is 27.2. The Morgan fingerprint density at radius 1 is 1.00 bits per heavy atom. The van der Waals surface area contributed by atoms with Crippen molar-refractivity contribution in [3.8, 4) is 0 Å². The van der Waals surface area contributed by atoms with Gasteiger partial charge in [-0.05, 0) is 75.3 Å². The van der Waals surface area contributed by atoms with Crippen molar-refractivity contribution in [1.82, 2.24) is 14.6 Å². The fraction of sp³-hybridized carbons (Fsp3) is 0.429. The lowest BCUT2D eigenvalue weighted by atomic mass is 9.58. The van der Waals surface area contributed by atoms with E-state index in [4.69, 9.17) is 11.6 Å². The molecular weight excluding hydrogens is 360 g/mol. The zero-order chi connectivity index (χ0) is 18.6. The number of rotatable bonds is 3. The van der Waals surface area contributed by atoms with E-state index in [2.05, 4.69) is 19.9 Å². The third kappa shape index (κ3) is 2.64. The summed E-state index contributed by atoms with van der Waals surface area (Å²) in [5, 5.41) is 23.9. The van der Waals surface area contributed by atoms with Crippen LogP contribution in [-0.2, 0) is 5.41 Å². The highest BCUT2D eigenvalue weighted by molar-refractivity contribution is 6.31. The van der Waals surface area contributed by atoms with E-state index in [1.165, 1.54) is 0 Å². The average Bonchev–Trinajstić information content (AvgIpc) is 3.12. The van der Waals surface area contributed by atoms with Gasteiger partial charge in [0.15, 0.2) is 5.65 Å². The maximum Gasteiger partial charge on any atom is 0.184 e. The monoisotopic (exact) mass is 382 g/mol. The molecule has 3 fully saturated rings. The minimum atomic E-state index is -0.445. The molecule has 0 aliphatic heterocycles. The molecule has 0 spiro atoms. The lowest BCUT2D eigenvalue weighted by molar-refractivity contribution is -0.0682. The largest absolute Gasteiger partial charge is 0.390 e. The summed E-state index contributed by atoms with van der Waals surface area (Å²) in [6, 6.07) is 9.90. The van der Waals surface area contributed by atoms with Crippen LogP contribution in [0.2, 0.25) is 5.02 Å². The first-order valence-corrected chi connectivity index (χ1v) is 9.96. The molecule has 0 amide bonds. The molecule has 5 nitrogen and oxygen atoms in total. The zero-order valence-electron chi connectivity index (χ0n) is 15.4. The number of nitrogens with one attached hydrogen (secondary N) is 1. The quantitative estimate of drug-likeness (QED) is 0.684. The van der Waals surface area contributed by atoms with Gasteiger partial charge in [0, 0.05) is 22.3 Å². The number of benzene rings is 1. The molecule has 6 heteroatoms. The van der Waals surface area contributed by atoms with Gasteiger partial charge in [0.05, 0.1) is 11.3 Å². The van der Waals surface area contributed by atoms with Gasteiger partial charge in [-0.25, -0.2) is 0 Å². The molecule has 3 saturated carbocycles. The van der Waals surface area contributed by atoms with E-state index in [0.29, 0.717) is 0 Å². The van der Waals surface area contributed by atoms with E-state index in [1.54, 1.807) is 0 Å². The molecule has 0 saturated heterocycles. The first-order valence-electron chi connectivity index (χ1n) is 9.59. The molecule has 3 aliphatic carbocycles. The summed E-state index contributed by atoms with van der Waals surface area (Å²) in [5.41, 5.74) is 3.32. The van der Waals surface area contributed by atoms with E-state index in [9.17, 15) is 5.11 Å². The van der Waals surface area contributed by atoms with Crippen molar-refractivity contribution in [2.24, 2.45) is 0 Å². The van der Waals surface area contributed by atoms with E-state index >= 15 is 0 Å². The summed E-state index contributed by atoms with van der Waals surface area (Å²) >= 11 is 6.26. The Morgan fingerprint density at radius 2 is 1.70 bits per heavy atom. The number of hydrogen-bond acceptors (Lipinski definition) is 4. The first-order chi connectivity index (χ1) is 13.0. The highest BCUT2D eigenvalue weighted by Gasteiger charge is 2.50. The molecule has 1 aromatic carbocycles. The molecule has 2 N–H and O–H groups in total. The van der Waals surface area contributed by atoms with Crippen molar-refractivity contribution in [3.63, 3.8) is 0 Å². The van der Waals surface area contributed by atoms with Gasteiger partial charge in [-0.3, -0.25) is 4.40 Å². The van der Waals surface area contributed by atoms with E-state index in [0.717, 1.165) is 72.0 Å². The van der Waals surface area contributed by atoms with Crippen LogP contribution in [0.4, 0.5) is 11.4 Å². The van der Waals surface area contributed by atoms with Gasteiger partial charge < -0.3 is 10.4 Å². The van der Waals surface area contributed by atoms with E-state index in [-0.39, 0.29) is 5.41 Å². The molecule has 6 rings (SSSR count). The summed E-state index contributed by atoms with van der Waals surface area (Å²) in [6.45, 7) is 2.00. The van der Waals surface area contributed by atoms with Gasteiger partial charge in [-0.2, -0.15) is 0 Å². The SMILES string of the molecule is Cc1c(Cl)cccc1Nc1cccn2c(C34CCC(O)(CC3)CC4)nnc12. The van der Waals surface area contributed by atoms with Crippen molar-refractivity contribution in [1.29, 1.82) is 0 Å². The van der Waals surface area contributed by atoms with Crippen molar-refractivity contribution in [2.45, 2.75) is 56.5 Å². The second-order valence-electron chi connectivity index (χ2n) is 8.18. The molecule has 0 atom stereocenters. The summed E-state index contributed by atoms with van der Waals surface area (Å²) in [7, 11) is 0. The van der Waals surface area contributed by atoms with Crippen molar-refractivity contribution in [2.75, 3.05) is 5.32 Å². The van der Waals surface area contributed by atoms with E-state index in [1.807, 2.05) is 43.5 Å². The lowest BCUT2D eigenvalue weighted by Gasteiger charge is -2.49. The number of fused-ring (bicyclic) bond motifs is 4. The topological polar surface area (TPSA) is 62.5 Å². The van der Waals surface area contributed by atoms with Crippen LogP contribution in [-0.4, -0.2) is 25.3 Å². The summed E-state index contributed by atoms with van der Waals surface area (Å²) in [5.74, 6) is 1.03. The Kier molecular flexibility index (Phi) is 3.75. The molecule has 2 heterocycles. The van der Waals surface area contributed by atoms with Crippen LogP contribution in [0, 0.1) is 6.92 Å². The van der Waals surface area contributed by atoms with Crippen LogP contribution < -0.4 is 5.32 Å². The smallest absolute Gasteiger partial charge is 0.184 e. The van der Waals surface area contributed by atoms with Gasteiger partial charge in [-0.15, -0.1) is 10.2 Å². The molecular formula is C21H23ClN4O. The van der Waals surface area contributed by atoms with Crippen LogP contribution in [0.25, 0.3) is 5.65 Å². The summed E-state index contributed by atoms with van der Waals surface area (Å²) < 4.78 is 2.12. The molecule has 140 valence electrons. The van der Waals surface area contributed by atoms with E-state index < -0.39 is 5.60 Å². The Balaban J connectivity index is 1.55. The minimum absolute atomic E-state index is 0.0362. The van der Waals surface area contributed by atoms with Crippen LogP contribution in [0.15, 0.2) is 36.5 Å². The van der Waals surface area contributed by atoms with Crippen LogP contribution in [0.1, 0.15) is 49.9 Å². The number of nitrogens with zero attached hydrogens (tertiary/aromatic N) is 3. The van der Waals surface area contributed by atoms with Crippen molar-refractivity contribution in [3.05, 3.63) is 52.9 Å². The number of halogens is 1. The Bertz CT molecular complexity index is 1000. The second kappa shape index (κ2) is 5.94. The third-order valence-electron chi connectivity index (χ3n) is 6.65. The lowest BCUT2D eigenvalue weighted by Crippen LogP contribution is -2.48. The molecule has 0 radical (unpaired) electrons. The maximum absolute atomic E-state index is 10.5. The number of aliphatic hydroxyl groups is 1. The minimum Gasteiger partial charge on any atom is -0.390 e. The Labute approximate surface area is 163 Å². The molecule has 3 aliphatic rings. The zero-order valence-corrected chi connectivity index (χ0v) is 16.1. The van der Waals surface area contributed by atoms with Crippen molar-refractivity contribution < 1.29 is 5.11 Å². The summed E-state index contributed by atoms with van der Waals surface area (Å²) in [4.78, 5) is 0. The number of anilines is 2. The molecule has 2 aromatic heterocycles. The molecule has 27 heavy (non-hydrogen) atoms. The fourth-order valence-electron chi connectivity index (χ4n) is 4.76. The highest BCUT2D eigenvalue weighted by Crippen LogP contribution is 2.53. The van der Waals surface area contributed by atoms with Gasteiger partial charge in [0.25, 0.3) is 0 Å². The van der Waals surface area contributed by atoms with Gasteiger partial charge >= 0.3 is 0 Å². The molecule has 2 bridgehead atoms. The first kappa shape index (κ1) is 17.0. The predicted molar refractivity (Wildman–Crippen MR) is 107 cm³/mol. The van der Waals surface area contributed by atoms with Crippen LogP contribution in [0.3, 0.4) is 0 Å². The Hall–Kier alpha value is -2.11. The second-order valence-corrected chi connectivity index (χ2v) is 8.59. The maximum atomic E-state index is 10.5. The van der Waals surface area contributed by atoms with Gasteiger partial charge in [0.1, 0.15) is 5.82 Å². The number of pyridine rings is 1. The molecule has 0 unspecified atom stereocenters. The number of aromatic nitrogens is 3. The summed E-state index contributed by atoms with van der Waals surface area (Å²) in [6.07, 6.45) is 7.58. The third-order valence-corrected chi connectivity index (χ3v) is 7.06. The van der Waals surface area contributed by atoms with Crippen molar-refractivity contribution >= 4 is 28.6 Å². The van der Waals surface area contributed by atoms with Crippen LogP contribution in [0.5, 0.6) is 0 Å². The predicted octanol–water partition coefficient (Wildman–Crippen LogP) is 4.77. The Morgan fingerprint density at radius 3 is 2.44 bits per heavy atom. The fourth-order valence-corrected chi connectivity index (χ4v) is 4.94. The standard InChI is InChI=1S/C21H23ClN4O/c1-14-15(22)4-2-5-16(14)23-17-6-3-13-26-18(17)24-25-19(26)20-7-10-21(27,11-8-20)12-9-20/h2-6,13,23,27H,7-12H2,1H3. The average molecular weight is 383 g/mol. The highest BCUT2D eigenvalue weighted by atomic mass is 35.5. The van der Waals surface area contributed by atoms with Gasteiger partial charge in [-0.1, -0.05) is 17.7 Å². The van der Waals surface area contributed by atoms with Crippen LogP contribution >= 0.6 is 11.6 Å². The number of hydrogen-bond donors (Lipinski definition) is 2. The molecule has 3 aromatic rings. The van der Waals surface area contributed by atoms with Gasteiger partial charge in [0.2, 0.25) is 0 Å².